The summed E-state index contributed by atoms with van der Waals surface area (Å²) < 4.78 is 0. The first-order valence-corrected chi connectivity index (χ1v) is 8.70. The van der Waals surface area contributed by atoms with Gasteiger partial charge in [-0.1, -0.05) is 24.3 Å². The van der Waals surface area contributed by atoms with Crippen molar-refractivity contribution in [3.05, 3.63) is 68.6 Å². The Hall–Kier alpha value is -2.69. The molecule has 128 valence electrons. The Kier molecular flexibility index (Phi) is 3.79. The highest BCUT2D eigenvalue weighted by atomic mass is 16.2. The Morgan fingerprint density at radius 2 is 1.96 bits per heavy atom. The first-order chi connectivity index (χ1) is 12.1. The Balaban J connectivity index is 1.69. The molecule has 1 heterocycles. The van der Waals surface area contributed by atoms with Crippen molar-refractivity contribution in [3.8, 4) is 0 Å². The fourth-order valence-electron chi connectivity index (χ4n) is 4.00. The molecule has 1 unspecified atom stereocenters. The van der Waals surface area contributed by atoms with Gasteiger partial charge in [0.15, 0.2) is 5.78 Å². The Bertz CT molecular complexity index is 929. The number of aromatic amines is 1. The van der Waals surface area contributed by atoms with Crippen LogP contribution in [0, 0.1) is 0 Å². The molecular weight excluding hydrogens is 316 g/mol. The number of benzene rings is 1. The van der Waals surface area contributed by atoms with Gasteiger partial charge in [0.1, 0.15) is 5.56 Å². The fraction of sp³-hybridized carbons (Fsp3) is 0.350. The van der Waals surface area contributed by atoms with Crippen molar-refractivity contribution < 1.29 is 9.59 Å². The van der Waals surface area contributed by atoms with Gasteiger partial charge in [-0.25, -0.2) is 0 Å². The maximum atomic E-state index is 12.9. The van der Waals surface area contributed by atoms with Crippen molar-refractivity contribution in [2.24, 2.45) is 0 Å². The number of carbonyl (C=O) groups excluding carboxylic acids is 2. The third kappa shape index (κ3) is 2.60. The molecule has 0 saturated heterocycles. The van der Waals surface area contributed by atoms with E-state index < -0.39 is 5.56 Å². The summed E-state index contributed by atoms with van der Waals surface area (Å²) in [5.41, 5.74) is 3.20. The van der Waals surface area contributed by atoms with Gasteiger partial charge in [-0.05, 0) is 42.9 Å². The lowest BCUT2D eigenvalue weighted by atomic mass is 9.93. The van der Waals surface area contributed by atoms with E-state index in [0.717, 1.165) is 24.8 Å². The minimum absolute atomic E-state index is 0.000384. The SMILES string of the molecule is CN(C(=O)c1cc2c([nH]c1=O)CCCC2=O)C1CCc2ccccc21. The van der Waals surface area contributed by atoms with Crippen LogP contribution in [0.15, 0.2) is 35.1 Å². The standard InChI is InChI=1S/C20H20N2O3/c1-22(17-10-9-12-5-2-3-6-13(12)17)20(25)15-11-14-16(21-19(15)24)7-4-8-18(14)23/h2-3,5-6,11,17H,4,7-10H2,1H3,(H,21,24). The van der Waals surface area contributed by atoms with Gasteiger partial charge in [-0.2, -0.15) is 0 Å². The highest BCUT2D eigenvalue weighted by Crippen LogP contribution is 2.35. The number of nitrogens with zero attached hydrogens (tertiary/aromatic N) is 1. The number of fused-ring (bicyclic) bond motifs is 2. The van der Waals surface area contributed by atoms with Crippen LogP contribution in [0.1, 0.15) is 62.8 Å². The normalized spacial score (nSPS) is 18.6. The molecule has 5 nitrogen and oxygen atoms in total. The molecule has 0 radical (unpaired) electrons. The van der Waals surface area contributed by atoms with Crippen molar-refractivity contribution in [1.29, 1.82) is 0 Å². The van der Waals surface area contributed by atoms with Gasteiger partial charge >= 0.3 is 0 Å². The molecule has 1 aromatic heterocycles. The number of hydrogen-bond donors (Lipinski definition) is 1. The molecule has 25 heavy (non-hydrogen) atoms. The number of hydrogen-bond acceptors (Lipinski definition) is 3. The van der Waals surface area contributed by atoms with E-state index in [2.05, 4.69) is 11.1 Å². The van der Waals surface area contributed by atoms with Crippen LogP contribution >= 0.6 is 0 Å². The van der Waals surface area contributed by atoms with Gasteiger partial charge in [-0.15, -0.1) is 0 Å². The maximum Gasteiger partial charge on any atom is 0.261 e. The highest BCUT2D eigenvalue weighted by molar-refractivity contribution is 6.01. The number of aryl methyl sites for hydroxylation is 2. The van der Waals surface area contributed by atoms with Crippen LogP contribution in [0.5, 0.6) is 0 Å². The minimum atomic E-state index is -0.406. The molecule has 0 aliphatic heterocycles. The van der Waals surface area contributed by atoms with Gasteiger partial charge in [0.25, 0.3) is 11.5 Å². The van der Waals surface area contributed by atoms with Crippen LogP contribution in [0.2, 0.25) is 0 Å². The summed E-state index contributed by atoms with van der Waals surface area (Å²) in [4.78, 5) is 41.8. The van der Waals surface area contributed by atoms with Crippen LogP contribution < -0.4 is 5.56 Å². The topological polar surface area (TPSA) is 70.2 Å². The number of ketones is 1. The van der Waals surface area contributed by atoms with Gasteiger partial charge in [-0.3, -0.25) is 14.4 Å². The third-order valence-corrected chi connectivity index (χ3v) is 5.37. The maximum absolute atomic E-state index is 12.9. The first kappa shape index (κ1) is 15.8. The summed E-state index contributed by atoms with van der Waals surface area (Å²) in [6.45, 7) is 0. The predicted octanol–water partition coefficient (Wildman–Crippen LogP) is 2.65. The molecule has 0 spiro atoms. The summed E-state index contributed by atoms with van der Waals surface area (Å²) in [6.07, 6.45) is 3.67. The summed E-state index contributed by atoms with van der Waals surface area (Å²) in [6, 6.07) is 9.56. The second-order valence-electron chi connectivity index (χ2n) is 6.85. The zero-order valence-corrected chi connectivity index (χ0v) is 14.2. The average molecular weight is 336 g/mol. The van der Waals surface area contributed by atoms with Gasteiger partial charge in [0.05, 0.1) is 6.04 Å². The molecule has 5 heteroatoms. The molecule has 2 aromatic rings. The number of carbonyl (C=O) groups is 2. The molecule has 2 aliphatic rings. The van der Waals surface area contributed by atoms with Crippen molar-refractivity contribution in [3.63, 3.8) is 0 Å². The van der Waals surface area contributed by atoms with E-state index in [1.165, 1.54) is 11.6 Å². The molecule has 1 N–H and O–H groups in total. The van der Waals surface area contributed by atoms with Crippen LogP contribution in [0.4, 0.5) is 0 Å². The number of aromatic nitrogens is 1. The fourth-order valence-corrected chi connectivity index (χ4v) is 4.00. The summed E-state index contributed by atoms with van der Waals surface area (Å²) >= 11 is 0. The number of rotatable bonds is 2. The lowest BCUT2D eigenvalue weighted by Gasteiger charge is -2.26. The Morgan fingerprint density at radius 3 is 2.80 bits per heavy atom. The number of Topliss-reactive ketones (excluding diaryl/α,β-unsaturated/α-hetero) is 1. The van der Waals surface area contributed by atoms with Crippen molar-refractivity contribution in [2.45, 2.75) is 38.1 Å². The second-order valence-corrected chi connectivity index (χ2v) is 6.85. The molecule has 0 fully saturated rings. The largest absolute Gasteiger partial charge is 0.334 e. The second kappa shape index (κ2) is 5.99. The predicted molar refractivity (Wildman–Crippen MR) is 93.9 cm³/mol. The Labute approximate surface area is 145 Å². The monoisotopic (exact) mass is 336 g/mol. The summed E-state index contributed by atoms with van der Waals surface area (Å²) in [5, 5.41) is 0. The quantitative estimate of drug-likeness (QED) is 0.916. The number of H-pyrrole nitrogens is 1. The molecule has 2 aliphatic carbocycles. The number of amides is 1. The molecule has 1 atom stereocenters. The van der Waals surface area contributed by atoms with E-state index in [1.807, 2.05) is 18.2 Å². The van der Waals surface area contributed by atoms with Gasteiger partial charge in [0, 0.05) is 24.7 Å². The molecule has 0 saturated carbocycles. The number of nitrogens with one attached hydrogen (secondary N) is 1. The smallest absolute Gasteiger partial charge is 0.261 e. The zero-order chi connectivity index (χ0) is 17.6. The summed E-state index contributed by atoms with van der Waals surface area (Å²) in [5.74, 6) is -0.329. The molecular formula is C20H20N2O3. The Morgan fingerprint density at radius 1 is 1.16 bits per heavy atom. The van der Waals surface area contributed by atoms with E-state index in [4.69, 9.17) is 0 Å². The van der Waals surface area contributed by atoms with Crippen LogP contribution in [0.3, 0.4) is 0 Å². The summed E-state index contributed by atoms with van der Waals surface area (Å²) in [7, 11) is 1.73. The van der Waals surface area contributed by atoms with E-state index in [1.54, 1.807) is 11.9 Å². The molecule has 1 amide bonds. The lowest BCUT2D eigenvalue weighted by molar-refractivity contribution is 0.0728. The van der Waals surface area contributed by atoms with Crippen LogP contribution in [-0.4, -0.2) is 28.6 Å². The van der Waals surface area contributed by atoms with Gasteiger partial charge < -0.3 is 9.88 Å². The molecule has 1 aromatic carbocycles. The molecule has 0 bridgehead atoms. The highest BCUT2D eigenvalue weighted by Gasteiger charge is 2.31. The first-order valence-electron chi connectivity index (χ1n) is 8.70. The zero-order valence-electron chi connectivity index (χ0n) is 14.2. The van der Waals surface area contributed by atoms with Crippen LogP contribution in [0.25, 0.3) is 0 Å². The van der Waals surface area contributed by atoms with E-state index >= 15 is 0 Å². The minimum Gasteiger partial charge on any atom is -0.334 e. The molecule has 4 rings (SSSR count). The van der Waals surface area contributed by atoms with E-state index in [-0.39, 0.29) is 23.3 Å². The van der Waals surface area contributed by atoms with Gasteiger partial charge in [0.2, 0.25) is 0 Å². The number of pyridine rings is 1. The van der Waals surface area contributed by atoms with Crippen molar-refractivity contribution >= 4 is 11.7 Å². The van der Waals surface area contributed by atoms with E-state index in [0.29, 0.717) is 24.1 Å². The average Bonchev–Trinajstić information content (AvgIpc) is 3.04. The third-order valence-electron chi connectivity index (χ3n) is 5.37. The van der Waals surface area contributed by atoms with Crippen molar-refractivity contribution in [2.75, 3.05) is 7.05 Å². The van der Waals surface area contributed by atoms with Crippen molar-refractivity contribution in [1.82, 2.24) is 9.88 Å². The van der Waals surface area contributed by atoms with E-state index in [9.17, 15) is 14.4 Å². The lowest BCUT2D eigenvalue weighted by Crippen LogP contribution is -2.35. The van der Waals surface area contributed by atoms with Crippen LogP contribution in [-0.2, 0) is 12.8 Å².